The fourth-order valence-corrected chi connectivity index (χ4v) is 3.51. The summed E-state index contributed by atoms with van der Waals surface area (Å²) in [5.74, 6) is 1.69. The van der Waals surface area contributed by atoms with Gasteiger partial charge in [0, 0.05) is 32.7 Å². The lowest BCUT2D eigenvalue weighted by atomic mass is 10.1. The summed E-state index contributed by atoms with van der Waals surface area (Å²) in [6, 6.07) is 3.06. The van der Waals surface area contributed by atoms with E-state index in [-0.39, 0.29) is 0 Å². The summed E-state index contributed by atoms with van der Waals surface area (Å²) < 4.78 is 0. The predicted octanol–water partition coefficient (Wildman–Crippen LogP) is 1.90. The van der Waals surface area contributed by atoms with Gasteiger partial charge in [0.2, 0.25) is 0 Å². The van der Waals surface area contributed by atoms with Crippen molar-refractivity contribution in [2.45, 2.75) is 31.8 Å². The first kappa shape index (κ1) is 13.9. The summed E-state index contributed by atoms with van der Waals surface area (Å²) >= 11 is 1.74. The summed E-state index contributed by atoms with van der Waals surface area (Å²) in [7, 11) is 1.84. The van der Waals surface area contributed by atoms with Crippen molar-refractivity contribution >= 4 is 17.3 Å². The van der Waals surface area contributed by atoms with Crippen LogP contribution in [0, 0.1) is 5.92 Å². The molecule has 0 aromatic carbocycles. The molecule has 5 heteroatoms. The monoisotopic (exact) mass is 292 g/mol. The number of nitrogens with one attached hydrogen (secondary N) is 2. The van der Waals surface area contributed by atoms with Gasteiger partial charge in [0.25, 0.3) is 0 Å². The number of aliphatic imine (C=N–C) groups is 1. The van der Waals surface area contributed by atoms with Crippen LogP contribution in [-0.4, -0.2) is 43.6 Å². The van der Waals surface area contributed by atoms with Crippen LogP contribution in [0.25, 0.3) is 0 Å². The minimum absolute atomic E-state index is 0.773. The van der Waals surface area contributed by atoms with Crippen molar-refractivity contribution < 1.29 is 0 Å². The fraction of sp³-hybridized carbons (Fsp3) is 0.667. The zero-order chi connectivity index (χ0) is 13.8. The number of hydrogen-bond acceptors (Lipinski definition) is 3. The maximum Gasteiger partial charge on any atom is 0.191 e. The summed E-state index contributed by atoms with van der Waals surface area (Å²) in [5, 5.41) is 11.1. The lowest BCUT2D eigenvalue weighted by Gasteiger charge is -2.17. The van der Waals surface area contributed by atoms with E-state index in [9.17, 15) is 0 Å². The third-order valence-corrected chi connectivity index (χ3v) is 4.93. The molecule has 1 atom stereocenters. The van der Waals surface area contributed by atoms with Crippen molar-refractivity contribution in [2.24, 2.45) is 10.9 Å². The standard InChI is InChI=1S/C15H24N4S/c1-16-15(18-9-13-5-7-20-11-13)17-8-12-4-6-19(10-12)14-2-3-14/h5,7,11-12,14H,2-4,6,8-10H2,1H3,(H2,16,17,18). The number of hydrogen-bond donors (Lipinski definition) is 2. The smallest absolute Gasteiger partial charge is 0.191 e. The van der Waals surface area contributed by atoms with Crippen molar-refractivity contribution in [2.75, 3.05) is 26.7 Å². The van der Waals surface area contributed by atoms with Crippen molar-refractivity contribution in [3.8, 4) is 0 Å². The molecular formula is C15H24N4S. The van der Waals surface area contributed by atoms with E-state index in [1.807, 2.05) is 7.05 Å². The molecule has 20 heavy (non-hydrogen) atoms. The molecule has 1 aromatic rings. The third-order valence-electron chi connectivity index (χ3n) is 4.20. The van der Waals surface area contributed by atoms with Crippen LogP contribution in [0.5, 0.6) is 0 Å². The van der Waals surface area contributed by atoms with Crippen LogP contribution in [0.4, 0.5) is 0 Å². The Morgan fingerprint density at radius 2 is 2.30 bits per heavy atom. The quantitative estimate of drug-likeness (QED) is 0.643. The zero-order valence-corrected chi connectivity index (χ0v) is 13.0. The Kier molecular flexibility index (Phi) is 4.58. The Morgan fingerprint density at radius 3 is 3.00 bits per heavy atom. The molecule has 0 amide bonds. The molecule has 0 bridgehead atoms. The summed E-state index contributed by atoms with van der Waals surface area (Å²) in [4.78, 5) is 6.96. The Hall–Kier alpha value is -1.07. The molecule has 1 saturated heterocycles. The van der Waals surface area contributed by atoms with Gasteiger partial charge >= 0.3 is 0 Å². The van der Waals surface area contributed by atoms with E-state index in [0.717, 1.165) is 31.0 Å². The Balaban J connectivity index is 1.37. The van der Waals surface area contributed by atoms with Crippen molar-refractivity contribution in [3.63, 3.8) is 0 Å². The van der Waals surface area contributed by atoms with Crippen molar-refractivity contribution in [1.29, 1.82) is 0 Å². The molecule has 1 aromatic heterocycles. The highest BCUT2D eigenvalue weighted by Gasteiger charge is 2.34. The van der Waals surface area contributed by atoms with Crippen LogP contribution in [0.1, 0.15) is 24.8 Å². The topological polar surface area (TPSA) is 39.7 Å². The van der Waals surface area contributed by atoms with E-state index in [4.69, 9.17) is 0 Å². The molecule has 2 N–H and O–H groups in total. The van der Waals surface area contributed by atoms with Gasteiger partial charge in [-0.2, -0.15) is 11.3 Å². The highest BCUT2D eigenvalue weighted by molar-refractivity contribution is 7.07. The second-order valence-corrected chi connectivity index (χ2v) is 6.60. The minimum Gasteiger partial charge on any atom is -0.356 e. The molecule has 0 radical (unpaired) electrons. The summed E-state index contributed by atoms with van der Waals surface area (Å²) in [6.07, 6.45) is 4.17. The van der Waals surface area contributed by atoms with E-state index in [1.54, 1.807) is 11.3 Å². The van der Waals surface area contributed by atoms with Gasteiger partial charge in [0.1, 0.15) is 0 Å². The molecule has 2 heterocycles. The summed E-state index contributed by atoms with van der Waals surface area (Å²) in [6.45, 7) is 4.44. The molecule has 110 valence electrons. The predicted molar refractivity (Wildman–Crippen MR) is 85.2 cm³/mol. The maximum atomic E-state index is 4.30. The number of thiophene rings is 1. The summed E-state index contributed by atoms with van der Waals surface area (Å²) in [5.41, 5.74) is 1.32. The average Bonchev–Trinajstić information content (AvgIpc) is 3.01. The molecule has 1 aliphatic carbocycles. The van der Waals surface area contributed by atoms with Gasteiger partial charge in [0.15, 0.2) is 5.96 Å². The van der Waals surface area contributed by atoms with Crippen LogP contribution in [0.2, 0.25) is 0 Å². The SMILES string of the molecule is CN=C(NCc1ccsc1)NCC1CCN(C2CC2)C1. The molecule has 1 unspecified atom stereocenters. The van der Waals surface area contributed by atoms with Crippen LogP contribution < -0.4 is 10.6 Å². The highest BCUT2D eigenvalue weighted by Crippen LogP contribution is 2.31. The second-order valence-electron chi connectivity index (χ2n) is 5.82. The first-order chi connectivity index (χ1) is 9.85. The molecule has 1 aliphatic heterocycles. The van der Waals surface area contributed by atoms with Crippen molar-refractivity contribution in [1.82, 2.24) is 15.5 Å². The van der Waals surface area contributed by atoms with Gasteiger partial charge in [0.05, 0.1) is 0 Å². The number of likely N-dealkylation sites (tertiary alicyclic amines) is 1. The second kappa shape index (κ2) is 6.59. The van der Waals surface area contributed by atoms with Gasteiger partial charge in [-0.15, -0.1) is 0 Å². The van der Waals surface area contributed by atoms with Crippen LogP contribution >= 0.6 is 11.3 Å². The third kappa shape index (κ3) is 3.73. The van der Waals surface area contributed by atoms with E-state index in [1.165, 1.54) is 37.9 Å². The molecule has 3 rings (SSSR count). The lowest BCUT2D eigenvalue weighted by molar-refractivity contribution is 0.314. The molecule has 2 fully saturated rings. The fourth-order valence-electron chi connectivity index (χ4n) is 2.84. The zero-order valence-electron chi connectivity index (χ0n) is 12.1. The number of nitrogens with zero attached hydrogens (tertiary/aromatic N) is 2. The van der Waals surface area contributed by atoms with Crippen LogP contribution in [0.3, 0.4) is 0 Å². The lowest BCUT2D eigenvalue weighted by Crippen LogP contribution is -2.39. The largest absolute Gasteiger partial charge is 0.356 e. The Bertz CT molecular complexity index is 439. The van der Waals surface area contributed by atoms with Crippen molar-refractivity contribution in [3.05, 3.63) is 22.4 Å². The van der Waals surface area contributed by atoms with E-state index in [0.29, 0.717) is 0 Å². The molecule has 1 saturated carbocycles. The molecular weight excluding hydrogens is 268 g/mol. The average molecular weight is 292 g/mol. The van der Waals surface area contributed by atoms with Gasteiger partial charge in [-0.05, 0) is 54.1 Å². The van der Waals surface area contributed by atoms with Gasteiger partial charge < -0.3 is 15.5 Å². The Morgan fingerprint density at radius 1 is 1.40 bits per heavy atom. The Labute approximate surface area is 125 Å². The molecule has 0 spiro atoms. The number of rotatable bonds is 5. The van der Waals surface area contributed by atoms with Crippen LogP contribution in [0.15, 0.2) is 21.8 Å². The van der Waals surface area contributed by atoms with E-state index in [2.05, 4.69) is 37.4 Å². The highest BCUT2D eigenvalue weighted by atomic mass is 32.1. The number of guanidine groups is 1. The van der Waals surface area contributed by atoms with Gasteiger partial charge in [-0.1, -0.05) is 0 Å². The van der Waals surface area contributed by atoms with Gasteiger partial charge in [-0.3, -0.25) is 4.99 Å². The minimum atomic E-state index is 0.773. The van der Waals surface area contributed by atoms with E-state index < -0.39 is 0 Å². The first-order valence-electron chi connectivity index (χ1n) is 7.55. The van der Waals surface area contributed by atoms with Gasteiger partial charge in [-0.25, -0.2) is 0 Å². The van der Waals surface area contributed by atoms with E-state index >= 15 is 0 Å². The molecule has 2 aliphatic rings. The van der Waals surface area contributed by atoms with Crippen LogP contribution in [-0.2, 0) is 6.54 Å². The maximum absolute atomic E-state index is 4.30. The first-order valence-corrected chi connectivity index (χ1v) is 8.49. The normalized spacial score (nSPS) is 24.1. The molecule has 4 nitrogen and oxygen atoms in total.